The van der Waals surface area contributed by atoms with Crippen molar-refractivity contribution >= 4 is 12.0 Å². The maximum atomic E-state index is 13.1. The van der Waals surface area contributed by atoms with Crippen molar-refractivity contribution in [1.82, 2.24) is 9.80 Å². The van der Waals surface area contributed by atoms with Crippen LogP contribution in [0.3, 0.4) is 0 Å². The Kier molecular flexibility index (Phi) is 6.62. The van der Waals surface area contributed by atoms with E-state index in [1.54, 1.807) is 30.3 Å². The fraction of sp³-hybridized carbons (Fsp3) is 0.364. The van der Waals surface area contributed by atoms with Crippen molar-refractivity contribution in [2.45, 2.75) is 18.3 Å². The predicted molar refractivity (Wildman–Crippen MR) is 106 cm³/mol. The number of hydrogen-bond acceptors (Lipinski definition) is 2. The van der Waals surface area contributed by atoms with E-state index in [-0.39, 0.29) is 31.6 Å². The Morgan fingerprint density at radius 3 is 2.00 bits per heavy atom. The molecule has 1 saturated heterocycles. The van der Waals surface area contributed by atoms with E-state index in [1.807, 2.05) is 0 Å². The van der Waals surface area contributed by atoms with Crippen molar-refractivity contribution in [2.75, 3.05) is 26.7 Å². The molecule has 0 bridgehead atoms. The van der Waals surface area contributed by atoms with E-state index in [2.05, 4.69) is 0 Å². The molecule has 11 heteroatoms. The Morgan fingerprint density at radius 1 is 0.970 bits per heavy atom. The monoisotopic (exact) mass is 474 g/mol. The number of carbonyl (C=O) groups is 2. The van der Waals surface area contributed by atoms with Crippen LogP contribution < -0.4 is 0 Å². The summed E-state index contributed by atoms with van der Waals surface area (Å²) in [5.74, 6) is -1.71. The Bertz CT molecular complexity index is 991. The van der Waals surface area contributed by atoms with Crippen LogP contribution in [0.5, 0.6) is 0 Å². The molecule has 2 atom stereocenters. The van der Waals surface area contributed by atoms with Crippen molar-refractivity contribution in [3.05, 3.63) is 70.8 Å². The maximum absolute atomic E-state index is 13.1. The van der Waals surface area contributed by atoms with Crippen LogP contribution >= 0.6 is 0 Å². The summed E-state index contributed by atoms with van der Waals surface area (Å²) in [6.07, 6.45) is -11.3. The molecule has 33 heavy (non-hydrogen) atoms. The SMILES string of the molecule is CN(C[C@H]1CN(C(=O)O)C[C@H]1c1ccccc1)C(=O)c1cc(C(F)(F)F)cc(C(F)(F)F)c1. The molecule has 1 aliphatic rings. The minimum absolute atomic E-state index is 0.0378. The third kappa shape index (κ3) is 5.58. The zero-order chi connectivity index (χ0) is 24.6. The molecule has 0 radical (unpaired) electrons. The summed E-state index contributed by atoms with van der Waals surface area (Å²) in [5, 5.41) is 9.36. The fourth-order valence-electron chi connectivity index (χ4n) is 4.02. The highest BCUT2D eigenvalue weighted by molar-refractivity contribution is 5.94. The molecule has 5 nitrogen and oxygen atoms in total. The van der Waals surface area contributed by atoms with E-state index >= 15 is 0 Å². The van der Waals surface area contributed by atoms with Crippen LogP contribution in [0, 0.1) is 5.92 Å². The lowest BCUT2D eigenvalue weighted by Crippen LogP contribution is -2.35. The molecule has 0 saturated carbocycles. The second-order valence-electron chi connectivity index (χ2n) is 7.95. The standard InChI is InChI=1S/C22H20F6N2O3/c1-29(10-15-11-30(20(32)33)12-18(15)13-5-3-2-4-6-13)19(31)14-7-16(21(23,24)25)9-17(8-14)22(26,27)28/h2-9,15,18H,10-12H2,1H3,(H,32,33)/t15-,18-/m0/s1. The first-order chi connectivity index (χ1) is 15.3. The topological polar surface area (TPSA) is 60.9 Å². The number of amides is 2. The molecule has 1 aliphatic heterocycles. The third-order valence-corrected chi connectivity index (χ3v) is 5.63. The van der Waals surface area contributed by atoms with Crippen molar-refractivity contribution < 1.29 is 41.0 Å². The summed E-state index contributed by atoms with van der Waals surface area (Å²) in [7, 11) is 1.27. The van der Waals surface area contributed by atoms with Crippen molar-refractivity contribution in [1.29, 1.82) is 0 Å². The van der Waals surface area contributed by atoms with E-state index < -0.39 is 47.0 Å². The molecular formula is C22H20F6N2O3. The molecule has 1 N–H and O–H groups in total. The maximum Gasteiger partial charge on any atom is 0.416 e. The van der Waals surface area contributed by atoms with Gasteiger partial charge in [0.15, 0.2) is 0 Å². The van der Waals surface area contributed by atoms with Crippen LogP contribution in [0.4, 0.5) is 31.1 Å². The first-order valence-electron chi connectivity index (χ1n) is 9.85. The van der Waals surface area contributed by atoms with Crippen molar-refractivity contribution in [2.24, 2.45) is 5.92 Å². The lowest BCUT2D eigenvalue weighted by molar-refractivity contribution is -0.143. The minimum atomic E-state index is -5.07. The summed E-state index contributed by atoms with van der Waals surface area (Å²) in [6, 6.07) is 9.66. The second kappa shape index (κ2) is 8.95. The van der Waals surface area contributed by atoms with E-state index in [9.17, 15) is 41.0 Å². The van der Waals surface area contributed by atoms with E-state index in [1.165, 1.54) is 11.9 Å². The van der Waals surface area contributed by atoms with Gasteiger partial charge in [0.25, 0.3) is 5.91 Å². The largest absolute Gasteiger partial charge is 0.465 e. The van der Waals surface area contributed by atoms with E-state index in [0.717, 1.165) is 10.5 Å². The smallest absolute Gasteiger partial charge is 0.416 e. The van der Waals surface area contributed by atoms with Gasteiger partial charge in [-0.2, -0.15) is 26.3 Å². The quantitative estimate of drug-likeness (QED) is 0.621. The molecule has 0 unspecified atom stereocenters. The molecular weight excluding hydrogens is 454 g/mol. The molecule has 0 spiro atoms. The van der Waals surface area contributed by atoms with Crippen LogP contribution in [-0.4, -0.2) is 53.6 Å². The van der Waals surface area contributed by atoms with Gasteiger partial charge in [0.05, 0.1) is 11.1 Å². The van der Waals surface area contributed by atoms with Crippen molar-refractivity contribution in [3.63, 3.8) is 0 Å². The Morgan fingerprint density at radius 2 is 1.52 bits per heavy atom. The molecule has 2 aromatic carbocycles. The lowest BCUT2D eigenvalue weighted by Gasteiger charge is -2.25. The molecule has 3 rings (SSSR count). The number of nitrogens with zero attached hydrogens (tertiary/aromatic N) is 2. The van der Waals surface area contributed by atoms with Gasteiger partial charge in [0.2, 0.25) is 0 Å². The summed E-state index contributed by atoms with van der Waals surface area (Å²) in [5.41, 5.74) is -3.07. The van der Waals surface area contributed by atoms with Crippen LogP contribution in [0.1, 0.15) is 33.0 Å². The number of alkyl halides is 6. The summed E-state index contributed by atoms with van der Waals surface area (Å²) in [6.45, 7) is 0.177. The highest BCUT2D eigenvalue weighted by atomic mass is 19.4. The fourth-order valence-corrected chi connectivity index (χ4v) is 4.02. The number of rotatable bonds is 4. The number of carboxylic acid groups (broad SMARTS) is 1. The molecule has 0 aromatic heterocycles. The highest BCUT2D eigenvalue weighted by Crippen LogP contribution is 2.37. The second-order valence-corrected chi connectivity index (χ2v) is 7.95. The highest BCUT2D eigenvalue weighted by Gasteiger charge is 2.39. The van der Waals surface area contributed by atoms with Gasteiger partial charge in [-0.1, -0.05) is 30.3 Å². The minimum Gasteiger partial charge on any atom is -0.465 e. The number of likely N-dealkylation sites (tertiary alicyclic amines) is 1. The number of hydrogen-bond donors (Lipinski definition) is 1. The Labute approximate surface area is 185 Å². The number of halogens is 6. The van der Waals surface area contributed by atoms with Gasteiger partial charge < -0.3 is 14.9 Å². The zero-order valence-corrected chi connectivity index (χ0v) is 17.3. The molecule has 1 fully saturated rings. The van der Waals surface area contributed by atoms with Gasteiger partial charge in [0, 0.05) is 44.1 Å². The first kappa shape index (κ1) is 24.4. The van der Waals surface area contributed by atoms with Gasteiger partial charge >= 0.3 is 18.4 Å². The molecule has 1 heterocycles. The third-order valence-electron chi connectivity index (χ3n) is 5.63. The molecule has 178 valence electrons. The van der Waals surface area contributed by atoms with Gasteiger partial charge in [-0.05, 0) is 23.8 Å². The zero-order valence-electron chi connectivity index (χ0n) is 17.3. The Balaban J connectivity index is 1.88. The van der Waals surface area contributed by atoms with Crippen LogP contribution in [0.15, 0.2) is 48.5 Å². The summed E-state index contributed by atoms with van der Waals surface area (Å²) < 4.78 is 78.8. The number of carbonyl (C=O) groups excluding carboxylic acids is 1. The number of benzene rings is 2. The normalized spacial score (nSPS) is 18.9. The Hall–Kier alpha value is -3.24. The molecule has 2 aromatic rings. The first-order valence-corrected chi connectivity index (χ1v) is 9.85. The van der Waals surface area contributed by atoms with Crippen molar-refractivity contribution in [3.8, 4) is 0 Å². The predicted octanol–water partition coefficient (Wildman–Crippen LogP) is 5.19. The van der Waals surface area contributed by atoms with Gasteiger partial charge in [-0.25, -0.2) is 4.79 Å². The summed E-state index contributed by atoms with van der Waals surface area (Å²) in [4.78, 5) is 26.5. The van der Waals surface area contributed by atoms with Gasteiger partial charge in [-0.3, -0.25) is 4.79 Å². The average Bonchev–Trinajstić information content (AvgIpc) is 3.16. The lowest BCUT2D eigenvalue weighted by atomic mass is 9.88. The summed E-state index contributed by atoms with van der Waals surface area (Å²) >= 11 is 0. The van der Waals surface area contributed by atoms with Gasteiger partial charge in [0.1, 0.15) is 0 Å². The average molecular weight is 474 g/mol. The van der Waals surface area contributed by atoms with Crippen LogP contribution in [0.25, 0.3) is 0 Å². The van der Waals surface area contributed by atoms with E-state index in [4.69, 9.17) is 0 Å². The van der Waals surface area contributed by atoms with Crippen LogP contribution in [-0.2, 0) is 12.4 Å². The van der Waals surface area contributed by atoms with Gasteiger partial charge in [-0.15, -0.1) is 0 Å². The van der Waals surface area contributed by atoms with E-state index in [0.29, 0.717) is 12.1 Å². The molecule has 0 aliphatic carbocycles. The molecule has 2 amide bonds. The van der Waals surface area contributed by atoms with Crippen LogP contribution in [0.2, 0.25) is 0 Å².